The van der Waals surface area contributed by atoms with Gasteiger partial charge in [0.2, 0.25) is 0 Å². The number of aromatic nitrogens is 2. The van der Waals surface area contributed by atoms with E-state index in [0.29, 0.717) is 21.5 Å². The highest BCUT2D eigenvalue weighted by molar-refractivity contribution is 7.92. The van der Waals surface area contributed by atoms with Crippen molar-refractivity contribution in [2.24, 2.45) is 0 Å². The first-order valence-electron chi connectivity index (χ1n) is 8.96. The van der Waals surface area contributed by atoms with Crippen molar-refractivity contribution in [3.8, 4) is 11.3 Å². The Morgan fingerprint density at radius 2 is 1.87 bits per heavy atom. The van der Waals surface area contributed by atoms with E-state index in [-0.39, 0.29) is 10.5 Å². The summed E-state index contributed by atoms with van der Waals surface area (Å²) in [5, 5.41) is 5.31. The van der Waals surface area contributed by atoms with E-state index in [9.17, 15) is 13.2 Å². The van der Waals surface area contributed by atoms with E-state index in [1.165, 1.54) is 41.7 Å². The van der Waals surface area contributed by atoms with Crippen LogP contribution in [0.1, 0.15) is 10.4 Å². The van der Waals surface area contributed by atoms with Crippen LogP contribution >= 0.6 is 22.9 Å². The van der Waals surface area contributed by atoms with Crippen LogP contribution in [0.15, 0.2) is 83.3 Å². The molecule has 0 saturated heterocycles. The van der Waals surface area contributed by atoms with Crippen LogP contribution in [-0.4, -0.2) is 24.3 Å². The summed E-state index contributed by atoms with van der Waals surface area (Å²) in [6.45, 7) is 0. The molecule has 0 aliphatic rings. The van der Waals surface area contributed by atoms with Gasteiger partial charge in [-0.05, 0) is 48.5 Å². The average Bonchev–Trinajstić information content (AvgIpc) is 3.23. The summed E-state index contributed by atoms with van der Waals surface area (Å²) in [5.74, 6) is -0.466. The van der Waals surface area contributed by atoms with Gasteiger partial charge in [0.1, 0.15) is 0 Å². The SMILES string of the molecule is O=C(Nc1nc(-c2cccnc2)cs1)c1cccc(S(=O)(=O)Nc2cccc(Cl)c2)c1. The van der Waals surface area contributed by atoms with Crippen LogP contribution in [0.25, 0.3) is 11.3 Å². The maximum Gasteiger partial charge on any atom is 0.261 e. The van der Waals surface area contributed by atoms with E-state index < -0.39 is 15.9 Å². The fourth-order valence-corrected chi connectivity index (χ4v) is 4.72. The topological polar surface area (TPSA) is 101 Å². The van der Waals surface area contributed by atoms with Crippen molar-refractivity contribution in [2.45, 2.75) is 4.90 Å². The Balaban J connectivity index is 1.51. The number of carbonyl (C=O) groups is 1. The molecule has 0 unspecified atom stereocenters. The standard InChI is InChI=1S/C21H15ClN4O3S2/c22-16-6-2-7-17(11-16)26-31(28,29)18-8-1-4-14(10-18)20(27)25-21-24-19(13-30-21)15-5-3-9-23-12-15/h1-13,26H,(H,24,25,27). The lowest BCUT2D eigenvalue weighted by Crippen LogP contribution is -2.16. The molecule has 0 radical (unpaired) electrons. The fourth-order valence-electron chi connectivity index (χ4n) is 2.72. The molecule has 2 aromatic heterocycles. The van der Waals surface area contributed by atoms with Crippen molar-refractivity contribution in [3.63, 3.8) is 0 Å². The van der Waals surface area contributed by atoms with E-state index in [0.717, 1.165) is 5.56 Å². The zero-order valence-corrected chi connectivity index (χ0v) is 18.2. The zero-order valence-electron chi connectivity index (χ0n) is 15.8. The normalized spacial score (nSPS) is 11.1. The molecule has 10 heteroatoms. The lowest BCUT2D eigenvalue weighted by Gasteiger charge is -2.09. The van der Waals surface area contributed by atoms with Crippen molar-refractivity contribution < 1.29 is 13.2 Å². The Kier molecular flexibility index (Phi) is 5.99. The van der Waals surface area contributed by atoms with E-state index >= 15 is 0 Å². The second kappa shape index (κ2) is 8.84. The Bertz CT molecular complexity index is 1340. The average molecular weight is 471 g/mol. The minimum absolute atomic E-state index is 0.0460. The van der Waals surface area contributed by atoms with E-state index in [4.69, 9.17) is 11.6 Å². The number of hydrogen-bond acceptors (Lipinski definition) is 6. The van der Waals surface area contributed by atoms with Gasteiger partial charge < -0.3 is 0 Å². The van der Waals surface area contributed by atoms with Crippen LogP contribution in [0, 0.1) is 0 Å². The molecule has 0 aliphatic carbocycles. The quantitative estimate of drug-likeness (QED) is 0.417. The molecule has 0 bridgehead atoms. The fraction of sp³-hybridized carbons (Fsp3) is 0. The predicted molar refractivity (Wildman–Crippen MR) is 122 cm³/mol. The molecular weight excluding hydrogens is 456 g/mol. The first-order valence-corrected chi connectivity index (χ1v) is 11.7. The van der Waals surface area contributed by atoms with Gasteiger partial charge in [-0.15, -0.1) is 11.3 Å². The Hall–Kier alpha value is -3.27. The Morgan fingerprint density at radius 1 is 1.03 bits per heavy atom. The number of hydrogen-bond donors (Lipinski definition) is 2. The van der Waals surface area contributed by atoms with Gasteiger partial charge in [-0.3, -0.25) is 19.8 Å². The summed E-state index contributed by atoms with van der Waals surface area (Å²) in [6, 6.07) is 15.8. The van der Waals surface area contributed by atoms with Gasteiger partial charge >= 0.3 is 0 Å². The number of pyridine rings is 1. The number of sulfonamides is 1. The summed E-state index contributed by atoms with van der Waals surface area (Å²) >= 11 is 7.17. The highest BCUT2D eigenvalue weighted by atomic mass is 35.5. The number of thiazole rings is 1. The third kappa shape index (κ3) is 5.08. The minimum Gasteiger partial charge on any atom is -0.298 e. The number of carbonyl (C=O) groups excluding carboxylic acids is 1. The summed E-state index contributed by atoms with van der Waals surface area (Å²) in [4.78, 5) is 21.0. The molecule has 0 atom stereocenters. The van der Waals surface area contributed by atoms with Crippen molar-refractivity contribution >= 4 is 49.7 Å². The number of halogens is 1. The van der Waals surface area contributed by atoms with Gasteiger partial charge in [0.15, 0.2) is 5.13 Å². The van der Waals surface area contributed by atoms with Crippen LogP contribution < -0.4 is 10.0 Å². The lowest BCUT2D eigenvalue weighted by atomic mass is 10.2. The molecule has 156 valence electrons. The van der Waals surface area contributed by atoms with Gasteiger partial charge in [-0.25, -0.2) is 13.4 Å². The Labute approximate surface area is 187 Å². The van der Waals surface area contributed by atoms with Crippen molar-refractivity contribution in [1.29, 1.82) is 0 Å². The first-order chi connectivity index (χ1) is 14.9. The minimum atomic E-state index is -3.90. The molecule has 1 amide bonds. The smallest absolute Gasteiger partial charge is 0.261 e. The summed E-state index contributed by atoms with van der Waals surface area (Å²) in [6.07, 6.45) is 3.35. The lowest BCUT2D eigenvalue weighted by molar-refractivity contribution is 0.102. The molecule has 0 aliphatic heterocycles. The number of nitrogens with zero attached hydrogens (tertiary/aromatic N) is 2. The maximum atomic E-state index is 12.7. The second-order valence-electron chi connectivity index (χ2n) is 6.38. The van der Waals surface area contributed by atoms with E-state index in [1.807, 2.05) is 11.4 Å². The van der Waals surface area contributed by atoms with Crippen LogP contribution in [0.2, 0.25) is 5.02 Å². The Morgan fingerprint density at radius 3 is 2.65 bits per heavy atom. The van der Waals surface area contributed by atoms with Crippen molar-refractivity contribution in [1.82, 2.24) is 9.97 Å². The van der Waals surface area contributed by atoms with Gasteiger partial charge in [-0.2, -0.15) is 0 Å². The third-order valence-electron chi connectivity index (χ3n) is 4.17. The maximum absolute atomic E-state index is 12.7. The largest absolute Gasteiger partial charge is 0.298 e. The highest BCUT2D eigenvalue weighted by Crippen LogP contribution is 2.25. The van der Waals surface area contributed by atoms with Gasteiger partial charge in [0.25, 0.3) is 15.9 Å². The molecular formula is C21H15ClN4O3S2. The molecule has 31 heavy (non-hydrogen) atoms. The molecule has 2 aromatic carbocycles. The second-order valence-corrected chi connectivity index (χ2v) is 9.35. The number of anilines is 2. The van der Waals surface area contributed by atoms with E-state index in [1.54, 1.807) is 36.7 Å². The van der Waals surface area contributed by atoms with Gasteiger partial charge in [0.05, 0.1) is 16.3 Å². The number of rotatable bonds is 6. The monoisotopic (exact) mass is 470 g/mol. The van der Waals surface area contributed by atoms with Crippen molar-refractivity contribution in [2.75, 3.05) is 10.0 Å². The van der Waals surface area contributed by atoms with Crippen molar-refractivity contribution in [3.05, 3.63) is 89.0 Å². The van der Waals surface area contributed by atoms with Crippen LogP contribution in [-0.2, 0) is 10.0 Å². The number of amides is 1. The summed E-state index contributed by atoms with van der Waals surface area (Å²) in [7, 11) is -3.90. The van der Waals surface area contributed by atoms with Crippen LogP contribution in [0.3, 0.4) is 0 Å². The molecule has 4 rings (SSSR count). The number of benzene rings is 2. The first kappa shape index (κ1) is 21.0. The molecule has 2 heterocycles. The molecule has 7 nitrogen and oxygen atoms in total. The molecule has 0 fully saturated rings. The molecule has 4 aromatic rings. The summed E-state index contributed by atoms with van der Waals surface area (Å²) in [5.41, 5.74) is 2.04. The van der Waals surface area contributed by atoms with Crippen LogP contribution in [0.5, 0.6) is 0 Å². The number of nitrogens with one attached hydrogen (secondary N) is 2. The van der Waals surface area contributed by atoms with E-state index in [2.05, 4.69) is 20.0 Å². The molecule has 0 saturated carbocycles. The van der Waals surface area contributed by atoms with Crippen LogP contribution in [0.4, 0.5) is 10.8 Å². The highest BCUT2D eigenvalue weighted by Gasteiger charge is 2.17. The van der Waals surface area contributed by atoms with Gasteiger partial charge in [-0.1, -0.05) is 23.7 Å². The zero-order chi connectivity index (χ0) is 21.8. The molecule has 0 spiro atoms. The summed E-state index contributed by atoms with van der Waals surface area (Å²) < 4.78 is 27.9. The third-order valence-corrected chi connectivity index (χ3v) is 6.54. The van der Waals surface area contributed by atoms with Gasteiger partial charge in [0, 0.05) is 33.9 Å². The molecule has 2 N–H and O–H groups in total. The predicted octanol–water partition coefficient (Wildman–Crippen LogP) is 4.91.